The van der Waals surface area contributed by atoms with Crippen molar-refractivity contribution in [1.82, 2.24) is 9.88 Å². The Morgan fingerprint density at radius 2 is 2.16 bits per heavy atom. The minimum atomic E-state index is 0.265. The molecule has 0 amide bonds. The van der Waals surface area contributed by atoms with E-state index in [-0.39, 0.29) is 6.04 Å². The fraction of sp³-hybridized carbons (Fsp3) is 0.800. The number of rotatable bonds is 3. The van der Waals surface area contributed by atoms with Crippen molar-refractivity contribution in [3.63, 3.8) is 0 Å². The van der Waals surface area contributed by atoms with E-state index in [0.717, 1.165) is 30.5 Å². The molecule has 0 bridgehead atoms. The van der Waals surface area contributed by atoms with Gasteiger partial charge in [-0.15, -0.1) is 0 Å². The topological polar surface area (TPSA) is 55.3 Å². The van der Waals surface area contributed by atoms with Crippen LogP contribution in [0.3, 0.4) is 0 Å². The van der Waals surface area contributed by atoms with Crippen LogP contribution >= 0.6 is 0 Å². The summed E-state index contributed by atoms with van der Waals surface area (Å²) >= 11 is 0. The summed E-state index contributed by atoms with van der Waals surface area (Å²) in [5, 5.41) is 0. The van der Waals surface area contributed by atoms with Gasteiger partial charge in [-0.3, -0.25) is 4.90 Å². The summed E-state index contributed by atoms with van der Waals surface area (Å²) < 4.78 is 5.73. The Labute approximate surface area is 115 Å². The molecule has 2 N–H and O–H groups in total. The molecular formula is C15H25N3O. The zero-order valence-corrected chi connectivity index (χ0v) is 11.8. The Hall–Kier alpha value is -0.870. The number of hydrogen-bond donors (Lipinski definition) is 1. The zero-order chi connectivity index (χ0) is 13.2. The molecule has 1 saturated heterocycles. The Balaban J connectivity index is 1.67. The van der Waals surface area contributed by atoms with Crippen LogP contribution in [0.4, 0.5) is 0 Å². The molecule has 0 unspecified atom stereocenters. The average molecular weight is 263 g/mol. The van der Waals surface area contributed by atoms with Crippen LogP contribution in [0.25, 0.3) is 0 Å². The van der Waals surface area contributed by atoms with Gasteiger partial charge in [0.2, 0.25) is 5.89 Å². The zero-order valence-electron chi connectivity index (χ0n) is 11.8. The third kappa shape index (κ3) is 3.00. The summed E-state index contributed by atoms with van der Waals surface area (Å²) in [4.78, 5) is 6.92. The summed E-state index contributed by atoms with van der Waals surface area (Å²) in [5.74, 6) is 2.60. The standard InChI is InChI=1S/C15H25N3O/c1-11-8-17-15(19-11)14-7-13(16)10-18(14)9-12-5-3-2-4-6-12/h8,12-14H,2-7,9-10,16H2,1H3/t13-,14-/m0/s1. The van der Waals surface area contributed by atoms with Crippen LogP contribution in [-0.4, -0.2) is 29.0 Å². The third-order valence-electron chi connectivity index (χ3n) is 4.58. The van der Waals surface area contributed by atoms with Crippen LogP contribution in [0.1, 0.15) is 56.2 Å². The van der Waals surface area contributed by atoms with E-state index in [1.807, 2.05) is 13.1 Å². The molecule has 19 heavy (non-hydrogen) atoms. The van der Waals surface area contributed by atoms with Crippen molar-refractivity contribution < 1.29 is 4.42 Å². The second kappa shape index (κ2) is 5.63. The quantitative estimate of drug-likeness (QED) is 0.911. The van der Waals surface area contributed by atoms with E-state index in [2.05, 4.69) is 9.88 Å². The van der Waals surface area contributed by atoms with E-state index in [9.17, 15) is 0 Å². The van der Waals surface area contributed by atoms with Crippen LogP contribution in [0.2, 0.25) is 0 Å². The number of aryl methyl sites for hydroxylation is 1. The van der Waals surface area contributed by atoms with Crippen LogP contribution in [0.5, 0.6) is 0 Å². The Kier molecular flexibility index (Phi) is 3.89. The molecule has 2 heterocycles. The molecule has 1 aliphatic carbocycles. The van der Waals surface area contributed by atoms with Gasteiger partial charge in [0.25, 0.3) is 0 Å². The first-order valence-corrected chi connectivity index (χ1v) is 7.64. The van der Waals surface area contributed by atoms with E-state index < -0.39 is 0 Å². The van der Waals surface area contributed by atoms with E-state index in [1.54, 1.807) is 0 Å². The molecule has 1 saturated carbocycles. The highest BCUT2D eigenvalue weighted by Crippen LogP contribution is 2.34. The highest BCUT2D eigenvalue weighted by molar-refractivity contribution is 5.02. The van der Waals surface area contributed by atoms with Gasteiger partial charge in [-0.05, 0) is 32.1 Å². The molecule has 2 atom stereocenters. The lowest BCUT2D eigenvalue weighted by Crippen LogP contribution is -2.32. The molecule has 0 radical (unpaired) electrons. The molecule has 4 nitrogen and oxygen atoms in total. The first kappa shape index (κ1) is 13.1. The lowest BCUT2D eigenvalue weighted by molar-refractivity contribution is 0.168. The maximum Gasteiger partial charge on any atom is 0.211 e. The SMILES string of the molecule is Cc1cnc([C@@H]2C[C@H](N)CN2CC2CCCCC2)o1. The summed E-state index contributed by atoms with van der Waals surface area (Å²) in [6.45, 7) is 4.11. The monoisotopic (exact) mass is 263 g/mol. The lowest BCUT2D eigenvalue weighted by atomic mass is 9.89. The highest BCUT2D eigenvalue weighted by Gasteiger charge is 2.35. The van der Waals surface area contributed by atoms with Crippen molar-refractivity contribution in [1.29, 1.82) is 0 Å². The average Bonchev–Trinajstić information content (AvgIpc) is 2.97. The number of hydrogen-bond acceptors (Lipinski definition) is 4. The Morgan fingerprint density at radius 3 is 2.84 bits per heavy atom. The van der Waals surface area contributed by atoms with Crippen LogP contribution in [0, 0.1) is 12.8 Å². The molecule has 1 aromatic heterocycles. The van der Waals surface area contributed by atoms with Crippen molar-refractivity contribution in [2.24, 2.45) is 11.7 Å². The maximum absolute atomic E-state index is 6.15. The minimum absolute atomic E-state index is 0.265. The largest absolute Gasteiger partial charge is 0.444 e. The van der Waals surface area contributed by atoms with Crippen molar-refractivity contribution in [2.75, 3.05) is 13.1 Å². The van der Waals surface area contributed by atoms with Gasteiger partial charge in [-0.1, -0.05) is 19.3 Å². The van der Waals surface area contributed by atoms with Crippen molar-refractivity contribution in [3.05, 3.63) is 17.8 Å². The lowest BCUT2D eigenvalue weighted by Gasteiger charge is -2.29. The van der Waals surface area contributed by atoms with E-state index in [4.69, 9.17) is 10.2 Å². The Morgan fingerprint density at radius 1 is 1.37 bits per heavy atom. The molecule has 4 heteroatoms. The molecule has 1 aliphatic heterocycles. The van der Waals surface area contributed by atoms with Gasteiger partial charge in [0.05, 0.1) is 12.2 Å². The minimum Gasteiger partial charge on any atom is -0.444 e. The molecule has 0 aromatic carbocycles. The second-order valence-electron chi connectivity index (χ2n) is 6.28. The molecule has 0 spiro atoms. The molecule has 2 fully saturated rings. The molecule has 1 aromatic rings. The number of oxazole rings is 1. The van der Waals surface area contributed by atoms with Gasteiger partial charge in [0, 0.05) is 19.1 Å². The van der Waals surface area contributed by atoms with Gasteiger partial charge >= 0.3 is 0 Å². The van der Waals surface area contributed by atoms with Crippen LogP contribution in [0.15, 0.2) is 10.6 Å². The summed E-state index contributed by atoms with van der Waals surface area (Å²) in [6.07, 6.45) is 9.76. The smallest absolute Gasteiger partial charge is 0.211 e. The first-order valence-electron chi connectivity index (χ1n) is 7.64. The fourth-order valence-corrected chi connectivity index (χ4v) is 3.63. The van der Waals surface area contributed by atoms with Crippen LogP contribution in [-0.2, 0) is 0 Å². The number of nitrogens with zero attached hydrogens (tertiary/aromatic N) is 2. The molecule has 106 valence electrons. The third-order valence-corrected chi connectivity index (χ3v) is 4.58. The normalized spacial score (nSPS) is 30.0. The van der Waals surface area contributed by atoms with Gasteiger partial charge in [-0.25, -0.2) is 4.98 Å². The van der Waals surface area contributed by atoms with Gasteiger partial charge < -0.3 is 10.2 Å². The van der Waals surface area contributed by atoms with Crippen molar-refractivity contribution in [2.45, 2.75) is 57.5 Å². The summed E-state index contributed by atoms with van der Waals surface area (Å²) in [6, 6.07) is 0.562. The summed E-state index contributed by atoms with van der Waals surface area (Å²) in [7, 11) is 0. The first-order chi connectivity index (χ1) is 9.22. The molecular weight excluding hydrogens is 238 g/mol. The molecule has 3 rings (SSSR count). The van der Waals surface area contributed by atoms with Gasteiger partial charge in [0.15, 0.2) is 0 Å². The van der Waals surface area contributed by atoms with E-state index in [0.29, 0.717) is 6.04 Å². The Bertz CT molecular complexity index is 411. The second-order valence-corrected chi connectivity index (χ2v) is 6.28. The van der Waals surface area contributed by atoms with E-state index >= 15 is 0 Å². The predicted molar refractivity (Wildman–Crippen MR) is 74.7 cm³/mol. The highest BCUT2D eigenvalue weighted by atomic mass is 16.4. The van der Waals surface area contributed by atoms with Crippen molar-refractivity contribution in [3.8, 4) is 0 Å². The number of nitrogens with two attached hydrogens (primary N) is 1. The van der Waals surface area contributed by atoms with Gasteiger partial charge in [0.1, 0.15) is 5.76 Å². The summed E-state index contributed by atoms with van der Waals surface area (Å²) in [5.41, 5.74) is 6.15. The van der Waals surface area contributed by atoms with Crippen LogP contribution < -0.4 is 5.73 Å². The maximum atomic E-state index is 6.15. The fourth-order valence-electron chi connectivity index (χ4n) is 3.63. The van der Waals surface area contributed by atoms with E-state index in [1.165, 1.54) is 38.6 Å². The van der Waals surface area contributed by atoms with Gasteiger partial charge in [-0.2, -0.15) is 0 Å². The molecule has 2 aliphatic rings. The predicted octanol–water partition coefficient (Wildman–Crippen LogP) is 2.64. The number of likely N-dealkylation sites (tertiary alicyclic amines) is 1. The number of aromatic nitrogens is 1. The van der Waals surface area contributed by atoms with Crippen molar-refractivity contribution >= 4 is 0 Å².